The van der Waals surface area contributed by atoms with Gasteiger partial charge in [-0.2, -0.15) is 0 Å². The lowest BCUT2D eigenvalue weighted by molar-refractivity contribution is -0.122. The van der Waals surface area contributed by atoms with Crippen LogP contribution in [-0.4, -0.2) is 24.5 Å². The van der Waals surface area contributed by atoms with Crippen molar-refractivity contribution in [2.45, 2.75) is 43.7 Å². The molecule has 2 aliphatic rings. The second kappa shape index (κ2) is 5.51. The van der Waals surface area contributed by atoms with Gasteiger partial charge in [0.1, 0.15) is 0 Å². The average molecular weight is 279 g/mol. The highest BCUT2D eigenvalue weighted by atomic mass is 35.5. The molecule has 1 saturated carbocycles. The number of amides is 1. The first-order chi connectivity index (χ1) is 9.22. The number of carbonyl (C=O) groups excluding carboxylic acids is 1. The molecule has 3 rings (SSSR count). The molecule has 19 heavy (non-hydrogen) atoms. The Morgan fingerprint density at radius 3 is 2.68 bits per heavy atom. The summed E-state index contributed by atoms with van der Waals surface area (Å²) in [4.78, 5) is 11.1. The molecule has 1 aromatic carbocycles. The van der Waals surface area contributed by atoms with Gasteiger partial charge in [-0.15, -0.1) is 0 Å². The SMILES string of the molecule is O=C1CCC(NC2CC(c3ccccc3Cl)C2)CN1. The summed E-state index contributed by atoms with van der Waals surface area (Å²) in [5.41, 5.74) is 1.28. The second-order valence-corrected chi connectivity index (χ2v) is 6.00. The molecular formula is C15H19ClN2O. The molecule has 0 bridgehead atoms. The van der Waals surface area contributed by atoms with Crippen LogP contribution in [0.4, 0.5) is 0 Å². The molecule has 0 spiro atoms. The van der Waals surface area contributed by atoms with E-state index < -0.39 is 0 Å². The number of piperidine rings is 1. The Labute approximate surface area is 118 Å². The lowest BCUT2D eigenvalue weighted by Gasteiger charge is -2.40. The first-order valence-corrected chi connectivity index (χ1v) is 7.37. The van der Waals surface area contributed by atoms with Gasteiger partial charge in [0.15, 0.2) is 0 Å². The molecule has 1 unspecified atom stereocenters. The quantitative estimate of drug-likeness (QED) is 0.892. The number of nitrogens with one attached hydrogen (secondary N) is 2. The Bertz CT molecular complexity index is 461. The van der Waals surface area contributed by atoms with Crippen LogP contribution in [0.5, 0.6) is 0 Å². The van der Waals surface area contributed by atoms with E-state index in [1.165, 1.54) is 5.56 Å². The van der Waals surface area contributed by atoms with Gasteiger partial charge < -0.3 is 10.6 Å². The first-order valence-electron chi connectivity index (χ1n) is 6.99. The number of rotatable bonds is 3. The van der Waals surface area contributed by atoms with Gasteiger partial charge in [-0.25, -0.2) is 0 Å². The summed E-state index contributed by atoms with van der Waals surface area (Å²) in [5.74, 6) is 0.769. The van der Waals surface area contributed by atoms with Crippen molar-refractivity contribution in [2.24, 2.45) is 0 Å². The van der Waals surface area contributed by atoms with Gasteiger partial charge in [0, 0.05) is 30.1 Å². The zero-order valence-corrected chi connectivity index (χ0v) is 11.6. The predicted octanol–water partition coefficient (Wildman–Crippen LogP) is 2.45. The zero-order chi connectivity index (χ0) is 13.2. The van der Waals surface area contributed by atoms with E-state index in [2.05, 4.69) is 22.8 Å². The van der Waals surface area contributed by atoms with Gasteiger partial charge in [0.05, 0.1) is 0 Å². The Hall–Kier alpha value is -1.06. The van der Waals surface area contributed by atoms with Gasteiger partial charge >= 0.3 is 0 Å². The molecule has 1 amide bonds. The van der Waals surface area contributed by atoms with Crippen LogP contribution in [0.2, 0.25) is 5.02 Å². The van der Waals surface area contributed by atoms with Crippen LogP contribution >= 0.6 is 11.6 Å². The zero-order valence-electron chi connectivity index (χ0n) is 10.9. The lowest BCUT2D eigenvalue weighted by Crippen LogP contribution is -2.52. The van der Waals surface area contributed by atoms with Crippen LogP contribution in [-0.2, 0) is 4.79 Å². The third-order valence-corrected chi connectivity index (χ3v) is 4.56. The summed E-state index contributed by atoms with van der Waals surface area (Å²) in [6.45, 7) is 0.770. The molecule has 1 heterocycles. The largest absolute Gasteiger partial charge is 0.355 e. The molecule has 0 radical (unpaired) electrons. The van der Waals surface area contributed by atoms with Crippen LogP contribution < -0.4 is 10.6 Å². The molecule has 1 atom stereocenters. The molecule has 1 saturated heterocycles. The summed E-state index contributed by atoms with van der Waals surface area (Å²) in [6, 6.07) is 9.14. The maximum Gasteiger partial charge on any atom is 0.220 e. The monoisotopic (exact) mass is 278 g/mol. The number of carbonyl (C=O) groups is 1. The standard InChI is InChI=1S/C15H19ClN2O/c16-14-4-2-1-3-13(14)10-7-12(8-10)18-11-5-6-15(19)17-9-11/h1-4,10-12,18H,5-9H2,(H,17,19). The molecule has 4 heteroatoms. The number of hydrogen-bond donors (Lipinski definition) is 2. The Balaban J connectivity index is 1.48. The molecule has 0 aromatic heterocycles. The summed E-state index contributed by atoms with van der Waals surface area (Å²) < 4.78 is 0. The summed E-state index contributed by atoms with van der Waals surface area (Å²) in [6.07, 6.45) is 3.90. The topological polar surface area (TPSA) is 41.1 Å². The van der Waals surface area contributed by atoms with Crippen molar-refractivity contribution in [2.75, 3.05) is 6.54 Å². The summed E-state index contributed by atoms with van der Waals surface area (Å²) in [7, 11) is 0. The van der Waals surface area contributed by atoms with E-state index in [1.807, 2.05) is 12.1 Å². The molecule has 2 fully saturated rings. The Morgan fingerprint density at radius 1 is 1.21 bits per heavy atom. The number of halogens is 1. The van der Waals surface area contributed by atoms with Crippen molar-refractivity contribution in [3.8, 4) is 0 Å². The van der Waals surface area contributed by atoms with Crippen LogP contribution in [0.25, 0.3) is 0 Å². The van der Waals surface area contributed by atoms with Gasteiger partial charge in [-0.3, -0.25) is 4.79 Å². The third-order valence-electron chi connectivity index (χ3n) is 4.22. The molecule has 2 N–H and O–H groups in total. The van der Waals surface area contributed by atoms with Gasteiger partial charge in [-0.1, -0.05) is 29.8 Å². The van der Waals surface area contributed by atoms with E-state index in [4.69, 9.17) is 11.6 Å². The summed E-state index contributed by atoms with van der Waals surface area (Å²) in [5, 5.41) is 7.44. The van der Waals surface area contributed by atoms with Gasteiger partial charge in [0.25, 0.3) is 0 Å². The molecule has 3 nitrogen and oxygen atoms in total. The maximum absolute atomic E-state index is 11.1. The smallest absolute Gasteiger partial charge is 0.220 e. The predicted molar refractivity (Wildman–Crippen MR) is 76.4 cm³/mol. The molecule has 1 aromatic rings. The minimum absolute atomic E-state index is 0.181. The third kappa shape index (κ3) is 2.93. The van der Waals surface area contributed by atoms with E-state index in [0.29, 0.717) is 24.4 Å². The van der Waals surface area contributed by atoms with Crippen LogP contribution in [0.15, 0.2) is 24.3 Å². The molecular weight excluding hydrogens is 260 g/mol. The van der Waals surface area contributed by atoms with Crippen molar-refractivity contribution in [3.05, 3.63) is 34.9 Å². The fourth-order valence-corrected chi connectivity index (χ4v) is 3.31. The van der Waals surface area contributed by atoms with Crippen molar-refractivity contribution in [3.63, 3.8) is 0 Å². The lowest BCUT2D eigenvalue weighted by atomic mass is 9.75. The second-order valence-electron chi connectivity index (χ2n) is 5.59. The van der Waals surface area contributed by atoms with Crippen LogP contribution in [0.1, 0.15) is 37.2 Å². The van der Waals surface area contributed by atoms with E-state index >= 15 is 0 Å². The highest BCUT2D eigenvalue weighted by molar-refractivity contribution is 6.31. The van der Waals surface area contributed by atoms with Crippen molar-refractivity contribution >= 4 is 17.5 Å². The normalized spacial score (nSPS) is 30.6. The molecule has 1 aliphatic heterocycles. The van der Waals surface area contributed by atoms with E-state index in [-0.39, 0.29) is 5.91 Å². The van der Waals surface area contributed by atoms with Crippen LogP contribution in [0.3, 0.4) is 0 Å². The van der Waals surface area contributed by atoms with Crippen LogP contribution in [0, 0.1) is 0 Å². The summed E-state index contributed by atoms with van der Waals surface area (Å²) >= 11 is 6.22. The highest BCUT2D eigenvalue weighted by Crippen LogP contribution is 2.40. The van der Waals surface area contributed by atoms with E-state index in [0.717, 1.165) is 30.8 Å². The molecule has 1 aliphatic carbocycles. The Morgan fingerprint density at radius 2 is 2.00 bits per heavy atom. The van der Waals surface area contributed by atoms with Crippen molar-refractivity contribution in [1.29, 1.82) is 0 Å². The fraction of sp³-hybridized carbons (Fsp3) is 0.533. The highest BCUT2D eigenvalue weighted by Gasteiger charge is 2.33. The molecule has 102 valence electrons. The number of hydrogen-bond acceptors (Lipinski definition) is 2. The van der Waals surface area contributed by atoms with E-state index in [9.17, 15) is 4.79 Å². The first kappa shape index (κ1) is 12.9. The minimum atomic E-state index is 0.181. The maximum atomic E-state index is 11.1. The minimum Gasteiger partial charge on any atom is -0.355 e. The number of benzene rings is 1. The van der Waals surface area contributed by atoms with Crippen molar-refractivity contribution < 1.29 is 4.79 Å². The van der Waals surface area contributed by atoms with Crippen molar-refractivity contribution in [1.82, 2.24) is 10.6 Å². The Kier molecular flexibility index (Phi) is 3.76. The fourth-order valence-electron chi connectivity index (χ4n) is 3.02. The average Bonchev–Trinajstić information content (AvgIpc) is 2.37. The van der Waals surface area contributed by atoms with Gasteiger partial charge in [-0.05, 0) is 36.8 Å². The van der Waals surface area contributed by atoms with E-state index in [1.54, 1.807) is 0 Å². The van der Waals surface area contributed by atoms with Gasteiger partial charge in [0.2, 0.25) is 5.91 Å².